The fraction of sp³-hybridized carbons (Fsp3) is 0.111. The van der Waals surface area contributed by atoms with Gasteiger partial charge in [0.25, 0.3) is 0 Å². The number of hydrogen-bond acceptors (Lipinski definition) is 5. The molecule has 0 unspecified atom stereocenters. The van der Waals surface area contributed by atoms with Crippen LogP contribution in [0.5, 0.6) is 11.5 Å². The third-order valence-corrected chi connectivity index (χ3v) is 3.56. The normalized spacial score (nSPS) is 10.3. The maximum atomic E-state index is 11.7. The van der Waals surface area contributed by atoms with E-state index in [4.69, 9.17) is 19.2 Å². The first-order valence-corrected chi connectivity index (χ1v) is 6.86. The van der Waals surface area contributed by atoms with Crippen molar-refractivity contribution >= 4 is 11.0 Å². The molecule has 0 amide bonds. The topological polar surface area (TPSA) is 72.5 Å². The van der Waals surface area contributed by atoms with Crippen molar-refractivity contribution in [2.24, 2.45) is 0 Å². The summed E-state index contributed by atoms with van der Waals surface area (Å²) in [6.45, 7) is 0. The molecule has 5 nitrogen and oxygen atoms in total. The SMILES string of the molecule is COc1ccc(-c2cc(OC)c3oc(=O)c(C#N)cc3c2)cc1. The second-order valence-electron chi connectivity index (χ2n) is 4.88. The molecule has 114 valence electrons. The molecule has 23 heavy (non-hydrogen) atoms. The quantitative estimate of drug-likeness (QED) is 0.694. The third kappa shape index (κ3) is 2.62. The van der Waals surface area contributed by atoms with Gasteiger partial charge in [-0.25, -0.2) is 4.79 Å². The Morgan fingerprint density at radius 2 is 1.74 bits per heavy atom. The van der Waals surface area contributed by atoms with Gasteiger partial charge in [-0.05, 0) is 41.5 Å². The second-order valence-corrected chi connectivity index (χ2v) is 4.88. The molecule has 0 bridgehead atoms. The number of nitriles is 1. The highest BCUT2D eigenvalue weighted by Gasteiger charge is 2.12. The van der Waals surface area contributed by atoms with E-state index in [0.29, 0.717) is 16.7 Å². The largest absolute Gasteiger partial charge is 0.497 e. The van der Waals surface area contributed by atoms with Gasteiger partial charge in [0.15, 0.2) is 11.3 Å². The first kappa shape index (κ1) is 14.7. The summed E-state index contributed by atoms with van der Waals surface area (Å²) in [5.41, 5.74) is 1.46. The molecule has 0 atom stereocenters. The van der Waals surface area contributed by atoms with E-state index in [1.807, 2.05) is 36.4 Å². The van der Waals surface area contributed by atoms with Crippen LogP contribution in [-0.2, 0) is 0 Å². The summed E-state index contributed by atoms with van der Waals surface area (Å²) >= 11 is 0. The molecule has 0 aliphatic heterocycles. The predicted molar refractivity (Wildman–Crippen MR) is 85.7 cm³/mol. The van der Waals surface area contributed by atoms with Crippen LogP contribution in [0.15, 0.2) is 51.7 Å². The van der Waals surface area contributed by atoms with Crippen molar-refractivity contribution in [2.45, 2.75) is 0 Å². The van der Waals surface area contributed by atoms with E-state index < -0.39 is 5.63 Å². The molecule has 5 heteroatoms. The molecule has 0 saturated heterocycles. The first-order chi connectivity index (χ1) is 11.2. The molecule has 0 fully saturated rings. The minimum absolute atomic E-state index is 0.0357. The van der Waals surface area contributed by atoms with E-state index >= 15 is 0 Å². The van der Waals surface area contributed by atoms with Crippen LogP contribution < -0.4 is 15.1 Å². The standard InChI is InChI=1S/C18H13NO4/c1-21-15-5-3-11(4-6-15)12-7-13-8-14(10-19)18(20)23-17(13)16(9-12)22-2/h3-9H,1-2H3. The van der Waals surface area contributed by atoms with Crippen molar-refractivity contribution in [3.05, 3.63) is 58.4 Å². The molecule has 0 radical (unpaired) electrons. The Labute approximate surface area is 132 Å². The van der Waals surface area contributed by atoms with Crippen LogP contribution in [0.4, 0.5) is 0 Å². The molecule has 0 spiro atoms. The van der Waals surface area contributed by atoms with Gasteiger partial charge in [0.05, 0.1) is 14.2 Å². The maximum Gasteiger partial charge on any atom is 0.354 e. The van der Waals surface area contributed by atoms with Gasteiger partial charge >= 0.3 is 5.63 Å². The maximum absolute atomic E-state index is 11.7. The van der Waals surface area contributed by atoms with Gasteiger partial charge < -0.3 is 13.9 Å². The summed E-state index contributed by atoms with van der Waals surface area (Å²) in [5.74, 6) is 1.20. The summed E-state index contributed by atoms with van der Waals surface area (Å²) in [5, 5.41) is 9.62. The highest BCUT2D eigenvalue weighted by Crippen LogP contribution is 2.32. The molecule has 0 aliphatic carbocycles. The van der Waals surface area contributed by atoms with Crippen molar-refractivity contribution in [1.82, 2.24) is 0 Å². The molecular weight excluding hydrogens is 294 g/mol. The van der Waals surface area contributed by atoms with E-state index in [9.17, 15) is 4.79 Å². The molecule has 1 heterocycles. The summed E-state index contributed by atoms with van der Waals surface area (Å²) in [4.78, 5) is 11.7. The zero-order valence-electron chi connectivity index (χ0n) is 12.6. The minimum atomic E-state index is -0.671. The van der Waals surface area contributed by atoms with Crippen LogP contribution in [0.25, 0.3) is 22.1 Å². The number of benzene rings is 2. The van der Waals surface area contributed by atoms with Gasteiger partial charge in [0.2, 0.25) is 0 Å². The molecule has 0 aliphatic rings. The van der Waals surface area contributed by atoms with E-state index in [1.165, 1.54) is 13.2 Å². The van der Waals surface area contributed by atoms with Gasteiger partial charge in [-0.1, -0.05) is 12.1 Å². The zero-order valence-corrected chi connectivity index (χ0v) is 12.6. The Morgan fingerprint density at radius 3 is 2.35 bits per heavy atom. The molecule has 3 aromatic rings. The van der Waals surface area contributed by atoms with Crippen LogP contribution in [0, 0.1) is 11.3 Å². The van der Waals surface area contributed by atoms with Crippen molar-refractivity contribution < 1.29 is 13.9 Å². The van der Waals surface area contributed by atoms with Crippen molar-refractivity contribution in [2.75, 3.05) is 14.2 Å². The summed E-state index contributed by atoms with van der Waals surface area (Å²) in [7, 11) is 3.12. The first-order valence-electron chi connectivity index (χ1n) is 6.86. The smallest absolute Gasteiger partial charge is 0.354 e. The number of nitrogens with zero attached hydrogens (tertiary/aromatic N) is 1. The molecule has 0 N–H and O–H groups in total. The Bertz CT molecular complexity index is 965. The Morgan fingerprint density at radius 1 is 1.00 bits per heavy atom. The highest BCUT2D eigenvalue weighted by molar-refractivity contribution is 5.89. The second kappa shape index (κ2) is 5.85. The fourth-order valence-corrected chi connectivity index (χ4v) is 2.38. The van der Waals surface area contributed by atoms with E-state index in [-0.39, 0.29) is 5.56 Å². The zero-order chi connectivity index (χ0) is 16.4. The fourth-order valence-electron chi connectivity index (χ4n) is 2.38. The predicted octanol–water partition coefficient (Wildman–Crippen LogP) is 3.35. The van der Waals surface area contributed by atoms with Gasteiger partial charge in [0, 0.05) is 5.39 Å². The lowest BCUT2D eigenvalue weighted by molar-refractivity contribution is 0.407. The van der Waals surface area contributed by atoms with Crippen LogP contribution in [0.2, 0.25) is 0 Å². The van der Waals surface area contributed by atoms with E-state index in [0.717, 1.165) is 16.9 Å². The Balaban J connectivity index is 2.23. The van der Waals surface area contributed by atoms with Crippen molar-refractivity contribution in [3.63, 3.8) is 0 Å². The van der Waals surface area contributed by atoms with Crippen molar-refractivity contribution in [1.29, 1.82) is 5.26 Å². The Kier molecular flexibility index (Phi) is 3.73. The average Bonchev–Trinajstić information content (AvgIpc) is 2.60. The lowest BCUT2D eigenvalue weighted by Crippen LogP contribution is -2.03. The molecule has 3 rings (SSSR count). The number of ether oxygens (including phenoxy) is 2. The number of fused-ring (bicyclic) bond motifs is 1. The summed E-state index contributed by atoms with van der Waals surface area (Å²) < 4.78 is 15.7. The molecule has 1 aromatic heterocycles. The number of rotatable bonds is 3. The third-order valence-electron chi connectivity index (χ3n) is 3.56. The summed E-state index contributed by atoms with van der Waals surface area (Å²) in [6.07, 6.45) is 0. The molecular formula is C18H13NO4. The van der Waals surface area contributed by atoms with Crippen molar-refractivity contribution in [3.8, 4) is 28.7 Å². The minimum Gasteiger partial charge on any atom is -0.497 e. The highest BCUT2D eigenvalue weighted by atomic mass is 16.5. The average molecular weight is 307 g/mol. The summed E-state index contributed by atoms with van der Waals surface area (Å²) in [6, 6.07) is 14.5. The molecule has 0 saturated carbocycles. The monoisotopic (exact) mass is 307 g/mol. The Hall–Kier alpha value is -3.26. The van der Waals surface area contributed by atoms with Gasteiger partial charge in [0.1, 0.15) is 17.4 Å². The molecule has 2 aromatic carbocycles. The van der Waals surface area contributed by atoms with Crippen LogP contribution in [0.3, 0.4) is 0 Å². The van der Waals surface area contributed by atoms with Gasteiger partial charge in [-0.3, -0.25) is 0 Å². The van der Waals surface area contributed by atoms with E-state index in [1.54, 1.807) is 13.2 Å². The van der Waals surface area contributed by atoms with E-state index in [2.05, 4.69) is 0 Å². The lowest BCUT2D eigenvalue weighted by atomic mass is 10.0. The number of methoxy groups -OCH3 is 2. The number of hydrogen-bond donors (Lipinski definition) is 0. The van der Waals surface area contributed by atoms with Gasteiger partial charge in [-0.2, -0.15) is 5.26 Å². The van der Waals surface area contributed by atoms with Crippen LogP contribution >= 0.6 is 0 Å². The van der Waals surface area contributed by atoms with Crippen LogP contribution in [0.1, 0.15) is 5.56 Å². The lowest BCUT2D eigenvalue weighted by Gasteiger charge is -2.09. The van der Waals surface area contributed by atoms with Gasteiger partial charge in [-0.15, -0.1) is 0 Å². The van der Waals surface area contributed by atoms with Crippen LogP contribution in [-0.4, -0.2) is 14.2 Å².